The summed E-state index contributed by atoms with van der Waals surface area (Å²) >= 11 is 1.32. The van der Waals surface area contributed by atoms with Crippen molar-refractivity contribution in [3.63, 3.8) is 0 Å². The van der Waals surface area contributed by atoms with Crippen LogP contribution in [0.1, 0.15) is 12.5 Å². The number of aromatic nitrogens is 1. The number of rotatable bonds is 5. The molecule has 0 unspecified atom stereocenters. The number of ether oxygens (including phenoxy) is 1. The zero-order valence-corrected chi connectivity index (χ0v) is 9.29. The normalized spacial score (nSPS) is 10.0. The van der Waals surface area contributed by atoms with Gasteiger partial charge < -0.3 is 9.84 Å². The molecule has 0 aliphatic heterocycles. The molecule has 0 amide bonds. The summed E-state index contributed by atoms with van der Waals surface area (Å²) in [6, 6.07) is 3.55. The van der Waals surface area contributed by atoms with Gasteiger partial charge in [0.1, 0.15) is 0 Å². The fourth-order valence-electron chi connectivity index (χ4n) is 0.925. The van der Waals surface area contributed by atoms with Crippen molar-refractivity contribution < 1.29 is 14.6 Å². The predicted octanol–water partition coefficient (Wildman–Crippen LogP) is 1.23. The van der Waals surface area contributed by atoms with Crippen molar-refractivity contribution in [2.45, 2.75) is 18.6 Å². The van der Waals surface area contributed by atoms with Gasteiger partial charge in [0.2, 0.25) is 0 Å². The molecule has 0 aliphatic rings. The summed E-state index contributed by atoms with van der Waals surface area (Å²) in [5.74, 6) is 0.0230. The molecular weight excluding hydrogens is 214 g/mol. The Morgan fingerprint density at radius 2 is 2.40 bits per heavy atom. The van der Waals surface area contributed by atoms with Crippen LogP contribution in [-0.4, -0.2) is 28.4 Å². The molecule has 1 heterocycles. The van der Waals surface area contributed by atoms with Gasteiger partial charge >= 0.3 is 5.97 Å². The number of nitrogens with zero attached hydrogens (tertiary/aromatic N) is 1. The van der Waals surface area contributed by atoms with Crippen LogP contribution in [0.5, 0.6) is 0 Å². The van der Waals surface area contributed by atoms with E-state index >= 15 is 0 Å². The van der Waals surface area contributed by atoms with Gasteiger partial charge in [0.15, 0.2) is 0 Å². The van der Waals surface area contributed by atoms with E-state index in [1.54, 1.807) is 25.3 Å². The van der Waals surface area contributed by atoms with Gasteiger partial charge in [-0.2, -0.15) is 0 Å². The summed E-state index contributed by atoms with van der Waals surface area (Å²) in [4.78, 5) is 15.1. The summed E-state index contributed by atoms with van der Waals surface area (Å²) in [6.45, 7) is 2.16. The number of hydrogen-bond donors (Lipinski definition) is 1. The van der Waals surface area contributed by atoms with Gasteiger partial charge in [0, 0.05) is 6.20 Å². The molecule has 1 aromatic heterocycles. The maximum Gasteiger partial charge on any atom is 0.316 e. The number of aliphatic hydroxyl groups is 1. The van der Waals surface area contributed by atoms with Gasteiger partial charge in [-0.25, -0.2) is 4.98 Å². The van der Waals surface area contributed by atoms with E-state index in [0.717, 1.165) is 10.6 Å². The van der Waals surface area contributed by atoms with Crippen LogP contribution in [0, 0.1) is 0 Å². The third-order valence-corrected chi connectivity index (χ3v) is 2.54. The zero-order chi connectivity index (χ0) is 11.1. The maximum atomic E-state index is 11.0. The van der Waals surface area contributed by atoms with E-state index in [9.17, 15) is 4.79 Å². The summed E-state index contributed by atoms with van der Waals surface area (Å²) in [5.41, 5.74) is 0.760. The monoisotopic (exact) mass is 227 g/mol. The summed E-state index contributed by atoms with van der Waals surface area (Å²) in [5, 5.41) is 9.55. The standard InChI is InChI=1S/C10H13NO3S/c1-2-14-10(13)7-15-9-4-3-8(6-12)5-11-9/h3-5,12H,2,6-7H2,1H3. The molecule has 0 saturated heterocycles. The Morgan fingerprint density at radius 1 is 1.60 bits per heavy atom. The predicted molar refractivity (Wildman–Crippen MR) is 57.5 cm³/mol. The molecule has 0 bridgehead atoms. The topological polar surface area (TPSA) is 59.4 Å². The Bertz CT molecular complexity index is 313. The lowest BCUT2D eigenvalue weighted by atomic mass is 10.3. The molecule has 15 heavy (non-hydrogen) atoms. The SMILES string of the molecule is CCOC(=O)CSc1ccc(CO)cn1. The minimum atomic E-state index is -0.240. The molecule has 0 saturated carbocycles. The van der Waals surface area contributed by atoms with E-state index in [1.165, 1.54) is 11.8 Å². The highest BCUT2D eigenvalue weighted by atomic mass is 32.2. The van der Waals surface area contributed by atoms with Crippen molar-refractivity contribution >= 4 is 17.7 Å². The maximum absolute atomic E-state index is 11.0. The summed E-state index contributed by atoms with van der Waals surface area (Å²) in [6.07, 6.45) is 1.59. The van der Waals surface area contributed by atoms with Crippen molar-refractivity contribution in [1.82, 2.24) is 4.98 Å². The molecule has 0 fully saturated rings. The van der Waals surface area contributed by atoms with Crippen molar-refractivity contribution in [3.8, 4) is 0 Å². The molecule has 1 rings (SSSR count). The highest BCUT2D eigenvalue weighted by Gasteiger charge is 2.03. The van der Waals surface area contributed by atoms with Crippen LogP contribution in [0.15, 0.2) is 23.4 Å². The molecule has 82 valence electrons. The number of aliphatic hydroxyl groups excluding tert-OH is 1. The van der Waals surface area contributed by atoms with Crippen molar-refractivity contribution in [1.29, 1.82) is 0 Å². The molecule has 5 heteroatoms. The molecule has 1 N–H and O–H groups in total. The Kier molecular flexibility index (Phi) is 5.14. The fourth-order valence-corrected chi connectivity index (χ4v) is 1.57. The first kappa shape index (κ1) is 12.0. The first-order valence-corrected chi connectivity index (χ1v) is 5.59. The quantitative estimate of drug-likeness (QED) is 0.605. The number of esters is 1. The van der Waals surface area contributed by atoms with Crippen molar-refractivity contribution in [2.24, 2.45) is 0 Å². The second-order valence-electron chi connectivity index (χ2n) is 2.76. The largest absolute Gasteiger partial charge is 0.465 e. The first-order valence-electron chi connectivity index (χ1n) is 4.60. The van der Waals surface area contributed by atoms with Gasteiger partial charge in [0.05, 0.1) is 24.0 Å². The third kappa shape index (κ3) is 4.31. The minimum absolute atomic E-state index is 0.0180. The minimum Gasteiger partial charge on any atom is -0.465 e. The Balaban J connectivity index is 2.40. The van der Waals surface area contributed by atoms with Crippen molar-refractivity contribution in [3.05, 3.63) is 23.9 Å². The summed E-state index contributed by atoms with van der Waals surface area (Å²) < 4.78 is 4.78. The molecular formula is C10H13NO3S. The molecule has 4 nitrogen and oxygen atoms in total. The zero-order valence-electron chi connectivity index (χ0n) is 8.47. The van der Waals surface area contributed by atoms with Crippen LogP contribution in [0.25, 0.3) is 0 Å². The average Bonchev–Trinajstić information content (AvgIpc) is 2.27. The number of carbonyl (C=O) groups is 1. The molecule has 0 radical (unpaired) electrons. The number of thioether (sulfide) groups is 1. The van der Waals surface area contributed by atoms with E-state index in [2.05, 4.69) is 4.98 Å². The smallest absolute Gasteiger partial charge is 0.316 e. The lowest BCUT2D eigenvalue weighted by molar-refractivity contribution is -0.139. The van der Waals surface area contributed by atoms with E-state index in [1.807, 2.05) is 0 Å². The van der Waals surface area contributed by atoms with E-state index in [4.69, 9.17) is 9.84 Å². The lowest BCUT2D eigenvalue weighted by Gasteiger charge is -2.01. The third-order valence-electron chi connectivity index (χ3n) is 1.62. The number of carbonyl (C=O) groups excluding carboxylic acids is 1. The van der Waals surface area contributed by atoms with Gasteiger partial charge in [-0.3, -0.25) is 4.79 Å². The number of hydrogen-bond acceptors (Lipinski definition) is 5. The highest BCUT2D eigenvalue weighted by Crippen LogP contribution is 2.15. The molecule has 0 aromatic carbocycles. The van der Waals surface area contributed by atoms with Crippen LogP contribution in [0.4, 0.5) is 0 Å². The fraction of sp³-hybridized carbons (Fsp3) is 0.400. The second-order valence-corrected chi connectivity index (χ2v) is 3.75. The molecule has 0 aliphatic carbocycles. The molecule has 0 atom stereocenters. The lowest BCUT2D eigenvalue weighted by Crippen LogP contribution is -2.06. The highest BCUT2D eigenvalue weighted by molar-refractivity contribution is 7.99. The van der Waals surface area contributed by atoms with Crippen LogP contribution in [0.3, 0.4) is 0 Å². The van der Waals surface area contributed by atoms with Gasteiger partial charge in [-0.05, 0) is 18.6 Å². The van der Waals surface area contributed by atoms with E-state index in [-0.39, 0.29) is 18.3 Å². The van der Waals surface area contributed by atoms with Crippen molar-refractivity contribution in [2.75, 3.05) is 12.4 Å². The van der Waals surface area contributed by atoms with Crippen LogP contribution < -0.4 is 0 Å². The Morgan fingerprint density at radius 3 is 2.93 bits per heavy atom. The summed E-state index contributed by atoms with van der Waals surface area (Å²) in [7, 11) is 0. The molecule has 1 aromatic rings. The van der Waals surface area contributed by atoms with Crippen LogP contribution in [0.2, 0.25) is 0 Å². The van der Waals surface area contributed by atoms with Crippen LogP contribution >= 0.6 is 11.8 Å². The molecule has 0 spiro atoms. The first-order chi connectivity index (χ1) is 7.26. The van der Waals surface area contributed by atoms with E-state index < -0.39 is 0 Å². The Labute approximate surface area is 92.7 Å². The van der Waals surface area contributed by atoms with Crippen LogP contribution in [-0.2, 0) is 16.1 Å². The average molecular weight is 227 g/mol. The van der Waals surface area contributed by atoms with Gasteiger partial charge in [-0.15, -0.1) is 0 Å². The second kappa shape index (κ2) is 6.42. The van der Waals surface area contributed by atoms with Gasteiger partial charge in [-0.1, -0.05) is 17.8 Å². The Hall–Kier alpha value is -1.07. The van der Waals surface area contributed by atoms with Gasteiger partial charge in [0.25, 0.3) is 0 Å². The number of pyridine rings is 1. The van der Waals surface area contributed by atoms with E-state index in [0.29, 0.717) is 6.61 Å².